The highest BCUT2D eigenvalue weighted by molar-refractivity contribution is 5.94. The number of amides is 1. The van der Waals surface area contributed by atoms with Crippen LogP contribution in [0.3, 0.4) is 0 Å². The molecule has 1 fully saturated rings. The van der Waals surface area contributed by atoms with Crippen molar-refractivity contribution < 1.29 is 4.79 Å². The summed E-state index contributed by atoms with van der Waals surface area (Å²) in [7, 11) is 0. The van der Waals surface area contributed by atoms with Crippen LogP contribution in [0, 0.1) is 0 Å². The molecule has 0 aromatic heterocycles. The zero-order valence-corrected chi connectivity index (χ0v) is 8.78. The van der Waals surface area contributed by atoms with E-state index in [0.717, 1.165) is 12.8 Å². The third-order valence-electron chi connectivity index (χ3n) is 2.69. The molecule has 0 bridgehead atoms. The maximum atomic E-state index is 12.1. The molecule has 1 aromatic carbocycles. The van der Waals surface area contributed by atoms with Gasteiger partial charge in [-0.15, -0.1) is 0 Å². The maximum Gasteiger partial charge on any atom is 0.254 e. The zero-order valence-electron chi connectivity index (χ0n) is 8.78. The molecule has 1 heterocycles. The van der Waals surface area contributed by atoms with Crippen molar-refractivity contribution in [1.29, 1.82) is 0 Å². The highest BCUT2D eigenvalue weighted by Gasteiger charge is 2.28. The van der Waals surface area contributed by atoms with Crippen LogP contribution in [-0.2, 0) is 0 Å². The van der Waals surface area contributed by atoms with Crippen LogP contribution in [0.2, 0.25) is 0 Å². The summed E-state index contributed by atoms with van der Waals surface area (Å²) in [6.07, 6.45) is 1.32. The molecule has 1 aliphatic rings. The fourth-order valence-corrected chi connectivity index (χ4v) is 1.91. The number of azide groups is 1. The lowest BCUT2D eigenvalue weighted by Crippen LogP contribution is -2.34. The van der Waals surface area contributed by atoms with E-state index >= 15 is 0 Å². The van der Waals surface area contributed by atoms with E-state index in [1.165, 1.54) is 0 Å². The highest BCUT2D eigenvalue weighted by atomic mass is 16.2. The lowest BCUT2D eigenvalue weighted by atomic mass is 10.2. The Kier molecular flexibility index (Phi) is 3.08. The van der Waals surface area contributed by atoms with Crippen LogP contribution in [0.1, 0.15) is 23.2 Å². The number of nitrogens with zero attached hydrogens (tertiary/aromatic N) is 4. The molecular weight excluding hydrogens is 204 g/mol. The van der Waals surface area contributed by atoms with E-state index in [2.05, 4.69) is 10.0 Å². The molecule has 1 unspecified atom stereocenters. The van der Waals surface area contributed by atoms with Gasteiger partial charge in [0.1, 0.15) is 6.17 Å². The molecule has 82 valence electrons. The van der Waals surface area contributed by atoms with E-state index in [9.17, 15) is 4.79 Å². The van der Waals surface area contributed by atoms with Gasteiger partial charge in [0.15, 0.2) is 0 Å². The van der Waals surface area contributed by atoms with Crippen molar-refractivity contribution in [2.75, 3.05) is 6.54 Å². The monoisotopic (exact) mass is 216 g/mol. The molecular formula is C11H12N4O. The van der Waals surface area contributed by atoms with Gasteiger partial charge in [0.25, 0.3) is 5.91 Å². The number of carbonyl (C=O) groups excluding carboxylic acids is 1. The van der Waals surface area contributed by atoms with Gasteiger partial charge in [0, 0.05) is 17.0 Å². The Bertz CT molecular complexity index is 425. The third-order valence-corrected chi connectivity index (χ3v) is 2.69. The van der Waals surface area contributed by atoms with E-state index in [0.29, 0.717) is 12.1 Å². The number of likely N-dealkylation sites (tertiary alicyclic amines) is 1. The Morgan fingerprint density at radius 3 is 2.88 bits per heavy atom. The van der Waals surface area contributed by atoms with Crippen LogP contribution < -0.4 is 0 Å². The van der Waals surface area contributed by atoms with E-state index in [4.69, 9.17) is 5.53 Å². The average Bonchev–Trinajstić information content (AvgIpc) is 2.78. The van der Waals surface area contributed by atoms with Gasteiger partial charge in [-0.1, -0.05) is 23.3 Å². The summed E-state index contributed by atoms with van der Waals surface area (Å²) >= 11 is 0. The molecule has 0 aliphatic carbocycles. The SMILES string of the molecule is [N-]=[N+]=NC1CCCN1C(=O)c1ccccc1. The predicted octanol–water partition coefficient (Wildman–Crippen LogP) is 2.56. The van der Waals surface area contributed by atoms with Crippen molar-refractivity contribution >= 4 is 5.91 Å². The fraction of sp³-hybridized carbons (Fsp3) is 0.364. The summed E-state index contributed by atoms with van der Waals surface area (Å²) in [6.45, 7) is 0.664. The molecule has 1 aliphatic heterocycles. The summed E-state index contributed by atoms with van der Waals surface area (Å²) in [4.78, 5) is 16.5. The Morgan fingerprint density at radius 2 is 2.19 bits per heavy atom. The second-order valence-corrected chi connectivity index (χ2v) is 3.69. The molecule has 1 aromatic rings. The first-order chi connectivity index (χ1) is 7.83. The molecule has 5 nitrogen and oxygen atoms in total. The normalized spacial score (nSPS) is 19.2. The molecule has 1 atom stereocenters. The van der Waals surface area contributed by atoms with E-state index < -0.39 is 0 Å². The van der Waals surface area contributed by atoms with Crippen LogP contribution in [0.4, 0.5) is 0 Å². The van der Waals surface area contributed by atoms with Crippen molar-refractivity contribution in [3.05, 3.63) is 46.3 Å². The van der Waals surface area contributed by atoms with Crippen LogP contribution in [0.25, 0.3) is 10.4 Å². The molecule has 0 saturated carbocycles. The number of benzene rings is 1. The Hall–Kier alpha value is -2.00. The first kappa shape index (κ1) is 10.5. The van der Waals surface area contributed by atoms with Crippen LogP contribution in [-0.4, -0.2) is 23.5 Å². The lowest BCUT2D eigenvalue weighted by molar-refractivity contribution is 0.0740. The molecule has 16 heavy (non-hydrogen) atoms. The standard InChI is InChI=1S/C11H12N4O/c12-14-13-10-7-4-8-15(10)11(16)9-5-2-1-3-6-9/h1-3,5-6,10H,4,7-8H2. The number of rotatable bonds is 2. The van der Waals surface area contributed by atoms with Gasteiger partial charge >= 0.3 is 0 Å². The van der Waals surface area contributed by atoms with Gasteiger partial charge < -0.3 is 4.90 Å². The van der Waals surface area contributed by atoms with Gasteiger partial charge in [-0.25, -0.2) is 0 Å². The molecule has 0 spiro atoms. The van der Waals surface area contributed by atoms with Crippen molar-refractivity contribution in [2.45, 2.75) is 19.0 Å². The molecule has 0 N–H and O–H groups in total. The van der Waals surface area contributed by atoms with Gasteiger partial charge in [-0.2, -0.15) is 0 Å². The summed E-state index contributed by atoms with van der Waals surface area (Å²) in [5.41, 5.74) is 9.06. The molecule has 0 radical (unpaired) electrons. The van der Waals surface area contributed by atoms with Gasteiger partial charge in [0.2, 0.25) is 0 Å². The summed E-state index contributed by atoms with van der Waals surface area (Å²) in [6, 6.07) is 9.06. The highest BCUT2D eigenvalue weighted by Crippen LogP contribution is 2.20. The quantitative estimate of drug-likeness (QED) is 0.425. The minimum absolute atomic E-state index is 0.0597. The van der Waals surface area contributed by atoms with Crippen molar-refractivity contribution in [2.24, 2.45) is 5.11 Å². The first-order valence-electron chi connectivity index (χ1n) is 5.23. The Morgan fingerprint density at radius 1 is 1.44 bits per heavy atom. The van der Waals surface area contributed by atoms with E-state index in [-0.39, 0.29) is 12.1 Å². The van der Waals surface area contributed by atoms with E-state index in [1.54, 1.807) is 17.0 Å². The maximum absolute atomic E-state index is 12.1. The van der Waals surface area contributed by atoms with Crippen molar-refractivity contribution in [3.8, 4) is 0 Å². The molecule has 1 amide bonds. The molecule has 2 rings (SSSR count). The molecule has 1 saturated heterocycles. The topological polar surface area (TPSA) is 69.1 Å². The largest absolute Gasteiger partial charge is 0.330 e. The van der Waals surface area contributed by atoms with Gasteiger partial charge in [-0.3, -0.25) is 4.79 Å². The number of hydrogen-bond donors (Lipinski definition) is 0. The first-order valence-corrected chi connectivity index (χ1v) is 5.23. The Balaban J connectivity index is 2.19. The third kappa shape index (κ3) is 1.99. The van der Waals surface area contributed by atoms with Crippen molar-refractivity contribution in [3.63, 3.8) is 0 Å². The Labute approximate surface area is 93.3 Å². The van der Waals surface area contributed by atoms with Gasteiger partial charge in [-0.05, 0) is 30.5 Å². The fourth-order valence-electron chi connectivity index (χ4n) is 1.91. The lowest BCUT2D eigenvalue weighted by Gasteiger charge is -2.20. The molecule has 5 heteroatoms. The smallest absolute Gasteiger partial charge is 0.254 e. The second-order valence-electron chi connectivity index (χ2n) is 3.69. The summed E-state index contributed by atoms with van der Waals surface area (Å²) in [5.74, 6) is -0.0597. The van der Waals surface area contributed by atoms with Crippen molar-refractivity contribution in [1.82, 2.24) is 4.90 Å². The van der Waals surface area contributed by atoms with Crippen LogP contribution in [0.15, 0.2) is 35.4 Å². The zero-order chi connectivity index (χ0) is 11.4. The summed E-state index contributed by atoms with van der Waals surface area (Å²) < 4.78 is 0. The van der Waals surface area contributed by atoms with Crippen LogP contribution in [0.5, 0.6) is 0 Å². The van der Waals surface area contributed by atoms with E-state index in [1.807, 2.05) is 18.2 Å². The average molecular weight is 216 g/mol. The second kappa shape index (κ2) is 4.68. The minimum Gasteiger partial charge on any atom is -0.330 e. The van der Waals surface area contributed by atoms with Gasteiger partial charge in [0.05, 0.1) is 0 Å². The number of carbonyl (C=O) groups is 1. The minimum atomic E-state index is -0.322. The number of hydrogen-bond acceptors (Lipinski definition) is 2. The summed E-state index contributed by atoms with van der Waals surface area (Å²) in [5, 5.41) is 3.64. The van der Waals surface area contributed by atoms with Crippen LogP contribution >= 0.6 is 0 Å². The predicted molar refractivity (Wildman–Crippen MR) is 59.6 cm³/mol.